The maximum atomic E-state index is 12.7. The van der Waals surface area contributed by atoms with Crippen molar-refractivity contribution in [2.24, 2.45) is 0 Å². The molecule has 0 saturated carbocycles. The van der Waals surface area contributed by atoms with Gasteiger partial charge in [-0.25, -0.2) is 0 Å². The number of carbonyl (C=O) groups is 3. The van der Waals surface area contributed by atoms with Gasteiger partial charge in [-0.1, -0.05) is 187 Å². The van der Waals surface area contributed by atoms with Crippen LogP contribution in [0.5, 0.6) is 0 Å². The van der Waals surface area contributed by atoms with E-state index in [1.54, 1.807) is 0 Å². The lowest BCUT2D eigenvalue weighted by atomic mass is 10.1. The number of rotatable bonds is 38. The number of hydrogen-bond acceptors (Lipinski definition) is 6. The largest absolute Gasteiger partial charge is 0.462 e. The fraction of sp³-hybridized carbons (Fsp3) is 0.558. The fourth-order valence-corrected chi connectivity index (χ4v) is 5.56. The molecule has 0 rings (SSSR count). The molecule has 0 bridgehead atoms. The first kappa shape index (κ1) is 53.8. The maximum Gasteiger partial charge on any atom is 0.306 e. The van der Waals surface area contributed by atoms with Crippen LogP contribution in [0.25, 0.3) is 0 Å². The van der Waals surface area contributed by atoms with E-state index in [9.17, 15) is 14.4 Å². The monoisotopic (exact) mass is 801 g/mol. The van der Waals surface area contributed by atoms with Crippen LogP contribution in [0.1, 0.15) is 168 Å². The SMILES string of the molecule is CC\C=C/C=C\C=C/C=C\CCCCCC(=O)OCC(COC(=O)CCCCCCCCC/C=C\C/C=C\CC)OC(=O)CCCCC\C=C/C=C\C=C/C=C\CC. The zero-order chi connectivity index (χ0) is 42.3. The Balaban J connectivity index is 4.55. The molecule has 0 aromatic carbocycles. The van der Waals surface area contributed by atoms with Crippen molar-refractivity contribution in [2.75, 3.05) is 13.2 Å². The molecular weight excluding hydrogens is 721 g/mol. The minimum absolute atomic E-state index is 0.115. The lowest BCUT2D eigenvalue weighted by Gasteiger charge is -2.18. The van der Waals surface area contributed by atoms with Crippen LogP contribution in [-0.4, -0.2) is 37.2 Å². The van der Waals surface area contributed by atoms with E-state index in [1.807, 2.05) is 72.9 Å². The van der Waals surface area contributed by atoms with Gasteiger partial charge in [-0.15, -0.1) is 0 Å². The molecule has 0 aliphatic carbocycles. The second kappa shape index (κ2) is 45.5. The van der Waals surface area contributed by atoms with Crippen LogP contribution in [0.3, 0.4) is 0 Å². The predicted molar refractivity (Wildman–Crippen MR) is 246 cm³/mol. The molecule has 0 fully saturated rings. The Hall–Kier alpha value is -4.19. The van der Waals surface area contributed by atoms with Gasteiger partial charge in [0.1, 0.15) is 13.2 Å². The Morgan fingerprint density at radius 2 is 0.707 bits per heavy atom. The summed E-state index contributed by atoms with van der Waals surface area (Å²) >= 11 is 0. The van der Waals surface area contributed by atoms with E-state index < -0.39 is 6.10 Å². The first-order valence-corrected chi connectivity index (χ1v) is 22.6. The number of esters is 3. The van der Waals surface area contributed by atoms with Crippen LogP contribution < -0.4 is 0 Å². The van der Waals surface area contributed by atoms with Crippen molar-refractivity contribution in [3.05, 3.63) is 122 Å². The molecule has 1 atom stereocenters. The van der Waals surface area contributed by atoms with Crippen LogP contribution in [0.15, 0.2) is 122 Å². The Bertz CT molecular complexity index is 1290. The van der Waals surface area contributed by atoms with E-state index >= 15 is 0 Å². The van der Waals surface area contributed by atoms with Crippen LogP contribution in [-0.2, 0) is 28.6 Å². The third kappa shape index (κ3) is 42.9. The highest BCUT2D eigenvalue weighted by molar-refractivity contribution is 5.71. The summed E-state index contributed by atoms with van der Waals surface area (Å²) in [6.07, 6.45) is 61.8. The molecule has 0 heterocycles. The molecule has 1 unspecified atom stereocenters. The second-order valence-electron chi connectivity index (χ2n) is 14.3. The number of hydrogen-bond donors (Lipinski definition) is 0. The van der Waals surface area contributed by atoms with Gasteiger partial charge >= 0.3 is 17.9 Å². The molecule has 0 saturated heterocycles. The summed E-state index contributed by atoms with van der Waals surface area (Å²) in [5.74, 6) is -1.02. The fourth-order valence-electron chi connectivity index (χ4n) is 5.56. The van der Waals surface area contributed by atoms with Gasteiger partial charge in [-0.2, -0.15) is 0 Å². The summed E-state index contributed by atoms with van der Waals surface area (Å²) in [4.78, 5) is 37.8. The summed E-state index contributed by atoms with van der Waals surface area (Å²) in [5.41, 5.74) is 0. The summed E-state index contributed by atoms with van der Waals surface area (Å²) in [6, 6.07) is 0. The molecule has 0 aromatic heterocycles. The van der Waals surface area contributed by atoms with E-state index in [-0.39, 0.29) is 37.5 Å². The normalized spacial score (nSPS) is 13.2. The van der Waals surface area contributed by atoms with E-state index in [2.05, 4.69) is 69.4 Å². The van der Waals surface area contributed by atoms with Crippen molar-refractivity contribution >= 4 is 17.9 Å². The zero-order valence-electron chi connectivity index (χ0n) is 36.8. The van der Waals surface area contributed by atoms with Crippen molar-refractivity contribution in [3.8, 4) is 0 Å². The smallest absolute Gasteiger partial charge is 0.306 e. The average molecular weight is 801 g/mol. The van der Waals surface area contributed by atoms with Crippen LogP contribution in [0.4, 0.5) is 0 Å². The summed E-state index contributed by atoms with van der Waals surface area (Å²) in [7, 11) is 0. The van der Waals surface area contributed by atoms with E-state index in [4.69, 9.17) is 14.2 Å². The van der Waals surface area contributed by atoms with Gasteiger partial charge in [0, 0.05) is 19.3 Å². The van der Waals surface area contributed by atoms with Gasteiger partial charge < -0.3 is 14.2 Å². The minimum Gasteiger partial charge on any atom is -0.462 e. The third-order valence-corrected chi connectivity index (χ3v) is 8.88. The van der Waals surface area contributed by atoms with Gasteiger partial charge in [0.2, 0.25) is 0 Å². The number of allylic oxidation sites excluding steroid dienone is 20. The second-order valence-corrected chi connectivity index (χ2v) is 14.3. The standard InChI is InChI=1S/C52H80O6/c1-4-7-10-13-16-19-22-25-28-30-33-36-39-42-45-51(54)57-48-49(58-52(55)46-43-40-37-34-31-27-24-21-18-15-12-9-6-3)47-56-50(53)44-41-38-35-32-29-26-23-20-17-14-11-8-5-2/h7-12,14-21,23-24,26-27,29,31,49H,4-6,13,22,25,28,30,32-48H2,1-3H3/b10-7-,11-8-,12-9-,17-14-,18-15-,19-16-,23-20-,24-21-,29-26-,31-27-. The molecule has 58 heavy (non-hydrogen) atoms. The molecule has 0 amide bonds. The highest BCUT2D eigenvalue weighted by atomic mass is 16.6. The number of carbonyl (C=O) groups excluding carboxylic acids is 3. The van der Waals surface area contributed by atoms with Crippen molar-refractivity contribution in [1.29, 1.82) is 0 Å². The molecule has 0 aliphatic rings. The molecule has 0 spiro atoms. The van der Waals surface area contributed by atoms with Crippen molar-refractivity contribution in [1.82, 2.24) is 0 Å². The lowest BCUT2D eigenvalue weighted by molar-refractivity contribution is -0.167. The van der Waals surface area contributed by atoms with Crippen LogP contribution >= 0.6 is 0 Å². The van der Waals surface area contributed by atoms with E-state index in [1.165, 1.54) is 25.7 Å². The van der Waals surface area contributed by atoms with Crippen molar-refractivity contribution in [3.63, 3.8) is 0 Å². The molecule has 0 aliphatic heterocycles. The number of unbranched alkanes of at least 4 members (excludes halogenated alkanes) is 13. The molecule has 324 valence electrons. The van der Waals surface area contributed by atoms with Crippen molar-refractivity contribution < 1.29 is 28.6 Å². The topological polar surface area (TPSA) is 78.9 Å². The highest BCUT2D eigenvalue weighted by Gasteiger charge is 2.19. The highest BCUT2D eigenvalue weighted by Crippen LogP contribution is 2.12. The summed E-state index contributed by atoms with van der Waals surface area (Å²) < 4.78 is 16.6. The Kier molecular flexibility index (Phi) is 42.2. The van der Waals surface area contributed by atoms with Gasteiger partial charge in [0.25, 0.3) is 0 Å². The zero-order valence-corrected chi connectivity index (χ0v) is 36.8. The van der Waals surface area contributed by atoms with E-state index in [0.717, 1.165) is 96.3 Å². The van der Waals surface area contributed by atoms with E-state index in [0.29, 0.717) is 19.3 Å². The maximum absolute atomic E-state index is 12.7. The Labute approximate surface area is 354 Å². The molecular formula is C52H80O6. The average Bonchev–Trinajstić information content (AvgIpc) is 3.22. The van der Waals surface area contributed by atoms with Gasteiger partial charge in [-0.05, 0) is 83.5 Å². The first-order chi connectivity index (χ1) is 28.5. The number of ether oxygens (including phenoxy) is 3. The Morgan fingerprint density at radius 1 is 0.362 bits per heavy atom. The molecule has 6 heteroatoms. The van der Waals surface area contributed by atoms with Crippen molar-refractivity contribution in [2.45, 2.75) is 175 Å². The molecule has 0 aromatic rings. The lowest BCUT2D eigenvalue weighted by Crippen LogP contribution is -2.30. The van der Waals surface area contributed by atoms with Gasteiger partial charge in [-0.3, -0.25) is 14.4 Å². The summed E-state index contributed by atoms with van der Waals surface area (Å²) in [5, 5.41) is 0. The predicted octanol–water partition coefficient (Wildman–Crippen LogP) is 14.6. The van der Waals surface area contributed by atoms with Crippen LogP contribution in [0.2, 0.25) is 0 Å². The molecule has 0 N–H and O–H groups in total. The van der Waals surface area contributed by atoms with Crippen LogP contribution in [0, 0.1) is 0 Å². The first-order valence-electron chi connectivity index (χ1n) is 22.6. The van der Waals surface area contributed by atoms with Gasteiger partial charge in [0.05, 0.1) is 0 Å². The quantitative estimate of drug-likeness (QED) is 0.0203. The summed E-state index contributed by atoms with van der Waals surface area (Å²) in [6.45, 7) is 6.14. The Morgan fingerprint density at radius 3 is 1.17 bits per heavy atom. The molecule has 0 radical (unpaired) electrons. The van der Waals surface area contributed by atoms with Gasteiger partial charge in [0.15, 0.2) is 6.10 Å². The third-order valence-electron chi connectivity index (χ3n) is 8.88. The molecule has 6 nitrogen and oxygen atoms in total. The minimum atomic E-state index is -0.819.